The lowest BCUT2D eigenvalue weighted by atomic mass is 10.1. The van der Waals surface area contributed by atoms with Crippen molar-refractivity contribution in [1.82, 2.24) is 4.98 Å². The van der Waals surface area contributed by atoms with Crippen LogP contribution in [0.5, 0.6) is 0 Å². The van der Waals surface area contributed by atoms with Gasteiger partial charge in [-0.15, -0.1) is 0 Å². The lowest BCUT2D eigenvalue weighted by Gasteiger charge is -2.25. The highest BCUT2D eigenvalue weighted by atomic mass is 16.3. The summed E-state index contributed by atoms with van der Waals surface area (Å²) in [4.78, 5) is 17.2. The van der Waals surface area contributed by atoms with Gasteiger partial charge in [0.2, 0.25) is 5.91 Å². The topological polar surface area (TPSA) is 79.5 Å². The maximum atomic E-state index is 11.1. The largest absolute Gasteiger partial charge is 0.389 e. The molecule has 0 aliphatic rings. The van der Waals surface area contributed by atoms with Gasteiger partial charge in [0, 0.05) is 18.3 Å². The van der Waals surface area contributed by atoms with Crippen molar-refractivity contribution in [2.24, 2.45) is 5.73 Å². The van der Waals surface area contributed by atoms with E-state index >= 15 is 0 Å². The quantitative estimate of drug-likeness (QED) is 0.763. The van der Waals surface area contributed by atoms with Crippen molar-refractivity contribution in [2.45, 2.75) is 32.8 Å². The van der Waals surface area contributed by atoms with Gasteiger partial charge >= 0.3 is 0 Å². The fraction of sp³-hybridized carbons (Fsp3) is 0.538. The van der Waals surface area contributed by atoms with Crippen LogP contribution in [0.2, 0.25) is 0 Å². The molecule has 5 heteroatoms. The van der Waals surface area contributed by atoms with Crippen LogP contribution >= 0.6 is 0 Å². The van der Waals surface area contributed by atoms with E-state index in [0.29, 0.717) is 12.4 Å². The number of carbonyl (C=O) groups is 1. The number of aromatic nitrogens is 1. The van der Waals surface area contributed by atoms with Gasteiger partial charge in [-0.3, -0.25) is 4.79 Å². The summed E-state index contributed by atoms with van der Waals surface area (Å²) in [5.41, 5.74) is 5.98. The summed E-state index contributed by atoms with van der Waals surface area (Å²) in [7, 11) is 0. The summed E-state index contributed by atoms with van der Waals surface area (Å²) in [5, 5.41) is 9.73. The Bertz CT molecular complexity index is 394. The average Bonchev–Trinajstić information content (AvgIpc) is 2.34. The highest BCUT2D eigenvalue weighted by Crippen LogP contribution is 2.23. The molecule has 100 valence electrons. The van der Waals surface area contributed by atoms with E-state index in [1.54, 1.807) is 19.2 Å². The van der Waals surface area contributed by atoms with Crippen molar-refractivity contribution in [1.29, 1.82) is 0 Å². The summed E-state index contributed by atoms with van der Waals surface area (Å²) >= 11 is 0. The summed E-state index contributed by atoms with van der Waals surface area (Å²) in [6, 6.07) is 3.58. The average molecular weight is 251 g/mol. The van der Waals surface area contributed by atoms with Gasteiger partial charge in [0.05, 0.1) is 12.6 Å². The molecule has 1 rings (SSSR count). The zero-order valence-electron chi connectivity index (χ0n) is 11.0. The number of rotatable bonds is 7. The Labute approximate surface area is 108 Å². The molecule has 3 N–H and O–H groups in total. The summed E-state index contributed by atoms with van der Waals surface area (Å²) < 4.78 is 0. The Morgan fingerprint density at radius 3 is 2.89 bits per heavy atom. The second-order valence-corrected chi connectivity index (χ2v) is 4.33. The number of anilines is 1. The number of hydrogen-bond donors (Lipinski definition) is 2. The number of nitrogens with two attached hydrogens (primary N) is 1. The van der Waals surface area contributed by atoms with Crippen LogP contribution in [-0.2, 0) is 4.79 Å². The summed E-state index contributed by atoms with van der Waals surface area (Å²) in [6.07, 6.45) is 3.00. The number of carbonyl (C=O) groups excluding carboxylic acids is 1. The first-order chi connectivity index (χ1) is 8.56. The lowest BCUT2D eigenvalue weighted by molar-refractivity contribution is -0.116. The highest BCUT2D eigenvalue weighted by molar-refractivity contribution is 5.79. The van der Waals surface area contributed by atoms with Crippen LogP contribution in [0.4, 0.5) is 5.82 Å². The van der Waals surface area contributed by atoms with E-state index in [1.807, 2.05) is 11.0 Å². The molecule has 0 aliphatic carbocycles. The van der Waals surface area contributed by atoms with Crippen molar-refractivity contribution >= 4 is 11.7 Å². The van der Waals surface area contributed by atoms with Crippen LogP contribution in [0.3, 0.4) is 0 Å². The summed E-state index contributed by atoms with van der Waals surface area (Å²) in [6.45, 7) is 4.59. The molecule has 1 atom stereocenters. The molecule has 0 aliphatic heterocycles. The van der Waals surface area contributed by atoms with E-state index in [-0.39, 0.29) is 6.54 Å². The predicted octanol–water partition coefficient (Wildman–Crippen LogP) is 1.23. The maximum Gasteiger partial charge on any atom is 0.236 e. The highest BCUT2D eigenvalue weighted by Gasteiger charge is 2.16. The molecule has 0 saturated carbocycles. The fourth-order valence-corrected chi connectivity index (χ4v) is 1.80. The minimum atomic E-state index is -0.620. The molecule has 18 heavy (non-hydrogen) atoms. The molecule has 0 aromatic carbocycles. The van der Waals surface area contributed by atoms with E-state index in [2.05, 4.69) is 11.9 Å². The monoisotopic (exact) mass is 251 g/mol. The third kappa shape index (κ3) is 4.00. The van der Waals surface area contributed by atoms with E-state index in [1.165, 1.54) is 0 Å². The minimum Gasteiger partial charge on any atom is -0.389 e. The molecule has 1 aromatic heterocycles. The number of aliphatic hydroxyl groups excluding tert-OH is 1. The minimum absolute atomic E-state index is 0.122. The molecule has 5 nitrogen and oxygen atoms in total. The third-order valence-electron chi connectivity index (χ3n) is 2.69. The van der Waals surface area contributed by atoms with Gasteiger partial charge in [-0.2, -0.15) is 0 Å². The molecular formula is C13H21N3O2. The molecule has 0 unspecified atom stereocenters. The number of primary amides is 1. The van der Waals surface area contributed by atoms with Gasteiger partial charge in [0.15, 0.2) is 0 Å². The Kier molecular flexibility index (Phi) is 5.58. The zero-order valence-corrected chi connectivity index (χ0v) is 11.0. The third-order valence-corrected chi connectivity index (χ3v) is 2.69. The molecule has 0 fully saturated rings. The number of hydrogen-bond acceptors (Lipinski definition) is 4. The van der Waals surface area contributed by atoms with Crippen molar-refractivity contribution in [3.05, 3.63) is 23.9 Å². The van der Waals surface area contributed by atoms with Crippen molar-refractivity contribution in [2.75, 3.05) is 18.0 Å². The van der Waals surface area contributed by atoms with E-state index in [4.69, 9.17) is 5.73 Å². The molecule has 1 heterocycles. The van der Waals surface area contributed by atoms with Crippen molar-refractivity contribution in [3.63, 3.8) is 0 Å². The zero-order chi connectivity index (χ0) is 13.5. The number of unbranched alkanes of at least 4 members (excludes halogenated alkanes) is 1. The van der Waals surface area contributed by atoms with Crippen LogP contribution in [0.15, 0.2) is 18.3 Å². The van der Waals surface area contributed by atoms with Gasteiger partial charge in [-0.25, -0.2) is 4.98 Å². The molecule has 1 amide bonds. The normalized spacial score (nSPS) is 12.2. The molecular weight excluding hydrogens is 230 g/mol. The first-order valence-corrected chi connectivity index (χ1v) is 6.22. The van der Waals surface area contributed by atoms with Crippen LogP contribution in [0, 0.1) is 0 Å². The number of aliphatic hydroxyl groups is 1. The fourth-order valence-electron chi connectivity index (χ4n) is 1.80. The molecule has 0 spiro atoms. The number of nitrogens with zero attached hydrogens (tertiary/aromatic N) is 2. The predicted molar refractivity (Wildman–Crippen MR) is 71.2 cm³/mol. The van der Waals surface area contributed by atoms with E-state index in [9.17, 15) is 9.90 Å². The van der Waals surface area contributed by atoms with Gasteiger partial charge in [-0.05, 0) is 19.4 Å². The van der Waals surface area contributed by atoms with Crippen LogP contribution in [-0.4, -0.2) is 29.1 Å². The van der Waals surface area contributed by atoms with Gasteiger partial charge < -0.3 is 15.7 Å². The Balaban J connectivity index is 2.99. The van der Waals surface area contributed by atoms with E-state index in [0.717, 1.165) is 18.4 Å². The van der Waals surface area contributed by atoms with Crippen molar-refractivity contribution < 1.29 is 9.90 Å². The van der Waals surface area contributed by atoms with Crippen LogP contribution in [0.1, 0.15) is 38.4 Å². The van der Waals surface area contributed by atoms with E-state index < -0.39 is 12.0 Å². The first-order valence-electron chi connectivity index (χ1n) is 6.22. The SMILES string of the molecule is CCCCN(CC(N)=O)c1ncccc1[C@H](C)O. The van der Waals surface area contributed by atoms with Crippen molar-refractivity contribution in [3.8, 4) is 0 Å². The molecule has 0 bridgehead atoms. The molecule has 1 aromatic rings. The number of amides is 1. The standard InChI is InChI=1S/C13H21N3O2/c1-3-4-8-16(9-12(14)18)13-11(10(2)17)6-5-7-15-13/h5-7,10,17H,3-4,8-9H2,1-2H3,(H2,14,18)/t10-/m0/s1. The Morgan fingerprint density at radius 1 is 1.61 bits per heavy atom. The van der Waals surface area contributed by atoms with Gasteiger partial charge in [0.25, 0.3) is 0 Å². The van der Waals surface area contributed by atoms with Crippen LogP contribution < -0.4 is 10.6 Å². The van der Waals surface area contributed by atoms with Gasteiger partial charge in [0.1, 0.15) is 5.82 Å². The molecule has 0 radical (unpaired) electrons. The Morgan fingerprint density at radius 2 is 2.33 bits per heavy atom. The first kappa shape index (κ1) is 14.4. The maximum absolute atomic E-state index is 11.1. The lowest BCUT2D eigenvalue weighted by Crippen LogP contribution is -2.35. The van der Waals surface area contributed by atoms with Gasteiger partial charge in [-0.1, -0.05) is 19.4 Å². The smallest absolute Gasteiger partial charge is 0.236 e. The van der Waals surface area contributed by atoms with Crippen LogP contribution in [0.25, 0.3) is 0 Å². The summed E-state index contributed by atoms with van der Waals surface area (Å²) in [5.74, 6) is 0.244. The second-order valence-electron chi connectivity index (χ2n) is 4.33. The number of pyridine rings is 1. The second kappa shape index (κ2) is 6.96. The molecule has 0 saturated heterocycles. The Hall–Kier alpha value is -1.62.